The Morgan fingerprint density at radius 3 is 2.67 bits per heavy atom. The third-order valence-electron chi connectivity index (χ3n) is 3.18. The van der Waals surface area contributed by atoms with E-state index in [0.717, 1.165) is 12.8 Å². The largest absolute Gasteiger partial charge is 0.497 e. The molecule has 1 aromatic carbocycles. The van der Waals surface area contributed by atoms with Crippen molar-refractivity contribution in [2.45, 2.75) is 38.7 Å². The first-order chi connectivity index (χ1) is 10.1. The van der Waals surface area contributed by atoms with Gasteiger partial charge in [0.1, 0.15) is 11.5 Å². The van der Waals surface area contributed by atoms with Crippen LogP contribution in [-0.4, -0.2) is 31.9 Å². The number of ether oxygens (including phenoxy) is 3. The van der Waals surface area contributed by atoms with Crippen LogP contribution in [0.4, 0.5) is 0 Å². The van der Waals surface area contributed by atoms with Gasteiger partial charge in [-0.3, -0.25) is 4.79 Å². The third kappa shape index (κ3) is 5.63. The Kier molecular flexibility index (Phi) is 7.61. The Morgan fingerprint density at radius 2 is 2.05 bits per heavy atom. The van der Waals surface area contributed by atoms with Crippen molar-refractivity contribution in [3.05, 3.63) is 23.8 Å². The lowest BCUT2D eigenvalue weighted by Crippen LogP contribution is -2.09. The van der Waals surface area contributed by atoms with E-state index >= 15 is 0 Å². The summed E-state index contributed by atoms with van der Waals surface area (Å²) in [5, 5.41) is 10.2. The molecule has 0 radical (unpaired) electrons. The molecule has 1 unspecified atom stereocenters. The highest BCUT2D eigenvalue weighted by Crippen LogP contribution is 2.31. The zero-order valence-electron chi connectivity index (χ0n) is 12.9. The molecule has 21 heavy (non-hydrogen) atoms. The number of carbonyl (C=O) groups excluding carboxylic acids is 1. The molecule has 0 aliphatic carbocycles. The normalized spacial score (nSPS) is 11.8. The van der Waals surface area contributed by atoms with Gasteiger partial charge in [-0.15, -0.1) is 0 Å². The van der Waals surface area contributed by atoms with Crippen LogP contribution in [0.5, 0.6) is 11.5 Å². The number of unbranched alkanes of at least 4 members (excludes halogenated alkanes) is 1. The van der Waals surface area contributed by atoms with E-state index in [4.69, 9.17) is 14.2 Å². The average Bonchev–Trinajstić information content (AvgIpc) is 2.52. The van der Waals surface area contributed by atoms with Crippen molar-refractivity contribution in [2.75, 3.05) is 20.8 Å². The average molecular weight is 296 g/mol. The molecule has 1 N–H and O–H groups in total. The van der Waals surface area contributed by atoms with Gasteiger partial charge in [-0.1, -0.05) is 13.3 Å². The monoisotopic (exact) mass is 296 g/mol. The van der Waals surface area contributed by atoms with E-state index in [1.54, 1.807) is 25.3 Å². The van der Waals surface area contributed by atoms with Crippen LogP contribution < -0.4 is 9.47 Å². The Bertz CT molecular complexity index is 444. The molecule has 5 heteroatoms. The SMILES string of the molecule is CCCCOC(=O)CCC(O)c1ccc(OC)cc1OC. The van der Waals surface area contributed by atoms with Crippen LogP contribution in [0.2, 0.25) is 0 Å². The molecule has 118 valence electrons. The lowest BCUT2D eigenvalue weighted by Gasteiger charge is -2.15. The minimum Gasteiger partial charge on any atom is -0.497 e. The summed E-state index contributed by atoms with van der Waals surface area (Å²) in [6, 6.07) is 5.20. The van der Waals surface area contributed by atoms with Crippen molar-refractivity contribution in [1.29, 1.82) is 0 Å². The van der Waals surface area contributed by atoms with Crippen molar-refractivity contribution in [1.82, 2.24) is 0 Å². The van der Waals surface area contributed by atoms with Crippen LogP contribution in [0.25, 0.3) is 0 Å². The molecule has 0 saturated heterocycles. The Balaban J connectivity index is 2.55. The van der Waals surface area contributed by atoms with Crippen LogP contribution in [0.3, 0.4) is 0 Å². The van der Waals surface area contributed by atoms with E-state index in [2.05, 4.69) is 0 Å². The van der Waals surface area contributed by atoms with E-state index in [0.29, 0.717) is 30.1 Å². The second-order valence-electron chi connectivity index (χ2n) is 4.74. The zero-order valence-corrected chi connectivity index (χ0v) is 12.9. The molecule has 1 rings (SSSR count). The van der Waals surface area contributed by atoms with Gasteiger partial charge in [0.2, 0.25) is 0 Å². The number of hydrogen-bond donors (Lipinski definition) is 1. The Labute approximate surface area is 125 Å². The summed E-state index contributed by atoms with van der Waals surface area (Å²) in [7, 11) is 3.10. The number of methoxy groups -OCH3 is 2. The van der Waals surface area contributed by atoms with E-state index < -0.39 is 6.10 Å². The maximum absolute atomic E-state index is 11.5. The minimum atomic E-state index is -0.774. The predicted molar refractivity (Wildman–Crippen MR) is 79.6 cm³/mol. The second-order valence-corrected chi connectivity index (χ2v) is 4.74. The van der Waals surface area contributed by atoms with Crippen LogP contribution in [-0.2, 0) is 9.53 Å². The number of hydrogen-bond acceptors (Lipinski definition) is 5. The van der Waals surface area contributed by atoms with Gasteiger partial charge in [0.25, 0.3) is 0 Å². The summed E-state index contributed by atoms with van der Waals surface area (Å²) < 4.78 is 15.4. The molecule has 0 spiro atoms. The fourth-order valence-corrected chi connectivity index (χ4v) is 1.91. The first kappa shape index (κ1) is 17.3. The number of aliphatic hydroxyl groups excluding tert-OH is 1. The molecule has 0 aliphatic rings. The Hall–Kier alpha value is -1.75. The van der Waals surface area contributed by atoms with Crippen molar-refractivity contribution < 1.29 is 24.1 Å². The van der Waals surface area contributed by atoms with Crippen molar-refractivity contribution in [3.8, 4) is 11.5 Å². The number of carbonyl (C=O) groups is 1. The number of rotatable bonds is 9. The number of aliphatic hydroxyl groups is 1. The predicted octanol–water partition coefficient (Wildman–Crippen LogP) is 2.86. The minimum absolute atomic E-state index is 0.181. The maximum Gasteiger partial charge on any atom is 0.305 e. The molecule has 0 aliphatic heterocycles. The van der Waals surface area contributed by atoms with Crippen LogP contribution in [0.15, 0.2) is 18.2 Å². The lowest BCUT2D eigenvalue weighted by atomic mass is 10.0. The summed E-state index contributed by atoms with van der Waals surface area (Å²) in [6.45, 7) is 2.48. The molecule has 0 saturated carbocycles. The van der Waals surface area contributed by atoms with Gasteiger partial charge in [0.05, 0.1) is 26.9 Å². The van der Waals surface area contributed by atoms with Crippen molar-refractivity contribution in [2.24, 2.45) is 0 Å². The van der Waals surface area contributed by atoms with Gasteiger partial charge >= 0.3 is 5.97 Å². The molecule has 1 atom stereocenters. The van der Waals surface area contributed by atoms with Gasteiger partial charge in [-0.05, 0) is 25.0 Å². The summed E-state index contributed by atoms with van der Waals surface area (Å²) in [4.78, 5) is 11.5. The van der Waals surface area contributed by atoms with Crippen LogP contribution >= 0.6 is 0 Å². The highest BCUT2D eigenvalue weighted by atomic mass is 16.5. The van der Waals surface area contributed by atoms with Crippen molar-refractivity contribution in [3.63, 3.8) is 0 Å². The Morgan fingerprint density at radius 1 is 1.29 bits per heavy atom. The van der Waals surface area contributed by atoms with Crippen molar-refractivity contribution >= 4 is 5.97 Å². The third-order valence-corrected chi connectivity index (χ3v) is 3.18. The molecule has 0 heterocycles. The van der Waals surface area contributed by atoms with E-state index in [1.165, 1.54) is 7.11 Å². The summed E-state index contributed by atoms with van der Waals surface area (Å²) in [5.41, 5.74) is 0.639. The zero-order chi connectivity index (χ0) is 15.7. The highest BCUT2D eigenvalue weighted by molar-refractivity contribution is 5.69. The molecular weight excluding hydrogens is 272 g/mol. The maximum atomic E-state index is 11.5. The molecule has 1 aromatic rings. The first-order valence-electron chi connectivity index (χ1n) is 7.18. The van der Waals surface area contributed by atoms with E-state index in [-0.39, 0.29) is 12.4 Å². The van der Waals surface area contributed by atoms with Crippen LogP contribution in [0.1, 0.15) is 44.3 Å². The first-order valence-corrected chi connectivity index (χ1v) is 7.18. The standard InChI is InChI=1S/C16H24O5/c1-4-5-10-21-16(18)9-8-14(17)13-7-6-12(19-2)11-15(13)20-3/h6-7,11,14,17H,4-5,8-10H2,1-3H3. The number of esters is 1. The molecule has 5 nitrogen and oxygen atoms in total. The highest BCUT2D eigenvalue weighted by Gasteiger charge is 2.16. The smallest absolute Gasteiger partial charge is 0.305 e. The molecule has 0 bridgehead atoms. The quantitative estimate of drug-likeness (QED) is 0.560. The molecular formula is C16H24O5. The van der Waals surface area contributed by atoms with E-state index in [1.807, 2.05) is 6.92 Å². The molecule has 0 aromatic heterocycles. The topological polar surface area (TPSA) is 65.0 Å². The van der Waals surface area contributed by atoms with Crippen LogP contribution in [0, 0.1) is 0 Å². The second kappa shape index (κ2) is 9.23. The van der Waals surface area contributed by atoms with Gasteiger partial charge in [0, 0.05) is 18.1 Å². The molecule has 0 amide bonds. The van der Waals surface area contributed by atoms with E-state index in [9.17, 15) is 9.90 Å². The molecule has 0 fully saturated rings. The fourth-order valence-electron chi connectivity index (χ4n) is 1.91. The summed E-state index contributed by atoms with van der Waals surface area (Å²) >= 11 is 0. The van der Waals surface area contributed by atoms with Gasteiger partial charge in [0.15, 0.2) is 0 Å². The summed E-state index contributed by atoms with van der Waals surface area (Å²) in [5.74, 6) is 0.915. The summed E-state index contributed by atoms with van der Waals surface area (Å²) in [6.07, 6.45) is 1.55. The fraction of sp³-hybridized carbons (Fsp3) is 0.562. The van der Waals surface area contributed by atoms with Gasteiger partial charge < -0.3 is 19.3 Å². The lowest BCUT2D eigenvalue weighted by molar-refractivity contribution is -0.144. The van der Waals surface area contributed by atoms with Gasteiger partial charge in [-0.2, -0.15) is 0 Å². The number of benzene rings is 1. The van der Waals surface area contributed by atoms with Gasteiger partial charge in [-0.25, -0.2) is 0 Å².